The zero-order valence-corrected chi connectivity index (χ0v) is 17.4. The van der Waals surface area contributed by atoms with E-state index in [9.17, 15) is 32.3 Å². The van der Waals surface area contributed by atoms with Gasteiger partial charge in [0.15, 0.2) is 6.61 Å². The molecular weight excluding hydrogens is 453 g/mol. The fourth-order valence-electron chi connectivity index (χ4n) is 4.65. The molecule has 1 aromatic carbocycles. The monoisotopic (exact) mass is 470 g/mol. The highest BCUT2D eigenvalue weighted by Crippen LogP contribution is 2.52. The number of carbonyl (C=O) groups excluding carboxylic acids is 4. The van der Waals surface area contributed by atoms with E-state index in [2.05, 4.69) is 5.32 Å². The van der Waals surface area contributed by atoms with Gasteiger partial charge >= 0.3 is 12.1 Å². The molecule has 0 radical (unpaired) electrons. The third-order valence-corrected chi connectivity index (χ3v) is 6.48. The highest BCUT2D eigenvalue weighted by molar-refractivity contribution is 6.33. The van der Waals surface area contributed by atoms with Crippen molar-refractivity contribution in [3.8, 4) is 0 Å². The average Bonchev–Trinajstić information content (AvgIpc) is 3.40. The SMILES string of the molecule is C[C@H](C(=O)OCC(=O)Nc1cc(C(F)(F)F)ccc1Cl)N1C(=O)[C@@H]2[C@@H](C1=O)[C@H]1C=C[C@H]2C1. The second kappa shape index (κ2) is 7.91. The lowest BCUT2D eigenvalue weighted by atomic mass is 9.85. The van der Waals surface area contributed by atoms with Crippen molar-refractivity contribution in [3.63, 3.8) is 0 Å². The summed E-state index contributed by atoms with van der Waals surface area (Å²) in [4.78, 5) is 50.8. The minimum atomic E-state index is -4.63. The molecule has 1 heterocycles. The number of nitrogens with zero attached hydrogens (tertiary/aromatic N) is 1. The normalized spacial score (nSPS) is 27.0. The van der Waals surface area contributed by atoms with Gasteiger partial charge in [0.05, 0.1) is 28.1 Å². The number of ether oxygens (including phenoxy) is 1. The molecule has 1 N–H and O–H groups in total. The zero-order chi connectivity index (χ0) is 23.4. The van der Waals surface area contributed by atoms with E-state index < -0.39 is 59.9 Å². The number of imide groups is 1. The van der Waals surface area contributed by atoms with Crippen LogP contribution >= 0.6 is 11.6 Å². The molecule has 1 saturated carbocycles. The number of halogens is 4. The minimum absolute atomic E-state index is 0.0161. The summed E-state index contributed by atoms with van der Waals surface area (Å²) in [7, 11) is 0. The largest absolute Gasteiger partial charge is 0.454 e. The number of nitrogens with one attached hydrogen (secondary N) is 1. The maximum absolute atomic E-state index is 12.8. The van der Waals surface area contributed by atoms with Crippen molar-refractivity contribution in [1.82, 2.24) is 4.90 Å². The molecule has 11 heteroatoms. The Morgan fingerprint density at radius 2 is 1.78 bits per heavy atom. The van der Waals surface area contributed by atoms with Crippen molar-refractivity contribution >= 4 is 41.0 Å². The number of fused-ring (bicyclic) bond motifs is 5. The second-order valence-corrected chi connectivity index (χ2v) is 8.48. The van der Waals surface area contributed by atoms with Gasteiger partial charge in [-0.2, -0.15) is 13.2 Å². The van der Waals surface area contributed by atoms with E-state index in [-0.39, 0.29) is 22.5 Å². The quantitative estimate of drug-likeness (QED) is 0.405. The Balaban J connectivity index is 1.36. The van der Waals surface area contributed by atoms with Gasteiger partial charge in [0.2, 0.25) is 11.8 Å². The van der Waals surface area contributed by atoms with Crippen molar-refractivity contribution in [2.75, 3.05) is 11.9 Å². The Labute approximate surface area is 185 Å². The third-order valence-electron chi connectivity index (χ3n) is 6.15. The summed E-state index contributed by atoms with van der Waals surface area (Å²) in [5, 5.41) is 2.02. The average molecular weight is 471 g/mol. The smallest absolute Gasteiger partial charge is 0.416 e. The summed E-state index contributed by atoms with van der Waals surface area (Å²) in [6.45, 7) is 0.502. The van der Waals surface area contributed by atoms with E-state index in [4.69, 9.17) is 16.3 Å². The van der Waals surface area contributed by atoms with Crippen LogP contribution in [0.1, 0.15) is 18.9 Å². The van der Waals surface area contributed by atoms with Crippen LogP contribution in [-0.4, -0.2) is 41.2 Å². The Morgan fingerprint density at radius 1 is 1.19 bits per heavy atom. The van der Waals surface area contributed by atoms with Gasteiger partial charge in [-0.3, -0.25) is 19.3 Å². The minimum Gasteiger partial charge on any atom is -0.454 e. The Morgan fingerprint density at radius 3 is 2.34 bits per heavy atom. The van der Waals surface area contributed by atoms with E-state index in [1.165, 1.54) is 6.92 Å². The summed E-state index contributed by atoms with van der Waals surface area (Å²) in [5.41, 5.74) is -1.31. The molecule has 1 saturated heterocycles. The third kappa shape index (κ3) is 3.76. The number of amides is 3. The van der Waals surface area contributed by atoms with E-state index in [1.54, 1.807) is 0 Å². The first kappa shape index (κ1) is 22.3. The van der Waals surface area contributed by atoms with Crippen LogP contribution in [0.3, 0.4) is 0 Å². The molecule has 7 nitrogen and oxygen atoms in total. The number of rotatable bonds is 5. The van der Waals surface area contributed by atoms with E-state index in [0.717, 1.165) is 23.5 Å². The molecular formula is C21H18ClF3N2O5. The van der Waals surface area contributed by atoms with Crippen molar-refractivity contribution in [2.45, 2.75) is 25.6 Å². The van der Waals surface area contributed by atoms with Crippen LogP contribution in [0, 0.1) is 23.7 Å². The molecule has 1 aliphatic heterocycles. The molecule has 2 bridgehead atoms. The van der Waals surface area contributed by atoms with Gasteiger partial charge in [0.25, 0.3) is 5.91 Å². The first-order valence-electron chi connectivity index (χ1n) is 9.87. The van der Waals surface area contributed by atoms with E-state index >= 15 is 0 Å². The summed E-state index contributed by atoms with van der Waals surface area (Å²) >= 11 is 5.82. The Bertz CT molecular complexity index is 1010. The number of hydrogen-bond donors (Lipinski definition) is 1. The summed E-state index contributed by atoms with van der Waals surface area (Å²) in [6, 6.07) is 1.18. The van der Waals surface area contributed by atoms with Gasteiger partial charge in [-0.1, -0.05) is 23.8 Å². The lowest BCUT2D eigenvalue weighted by molar-refractivity contribution is -0.159. The highest BCUT2D eigenvalue weighted by atomic mass is 35.5. The standard InChI is InChI=1S/C21H18ClF3N2O5/c1-9(27-18(29)16-10-2-3-11(6-10)17(16)19(27)30)20(31)32-8-15(28)26-14-7-12(21(23,24)25)4-5-13(14)22/h2-5,7,9-11,16-17H,6,8H2,1H3,(H,26,28)/t9-,10+,11+,16+,17+/m1/s1. The fourth-order valence-corrected chi connectivity index (χ4v) is 4.82. The summed E-state index contributed by atoms with van der Waals surface area (Å²) in [6.07, 6.45) is -0.0364. The topological polar surface area (TPSA) is 92.8 Å². The molecule has 32 heavy (non-hydrogen) atoms. The number of alkyl halides is 3. The van der Waals surface area contributed by atoms with Gasteiger partial charge in [-0.05, 0) is 43.4 Å². The molecule has 3 aliphatic rings. The molecule has 5 atom stereocenters. The van der Waals surface area contributed by atoms with Gasteiger partial charge in [-0.15, -0.1) is 0 Å². The molecule has 3 amide bonds. The van der Waals surface area contributed by atoms with Crippen LogP contribution < -0.4 is 5.32 Å². The number of carbonyl (C=O) groups is 4. The number of hydrogen-bond acceptors (Lipinski definition) is 5. The number of benzene rings is 1. The number of anilines is 1. The maximum Gasteiger partial charge on any atom is 0.416 e. The van der Waals surface area contributed by atoms with Crippen LogP contribution in [0.5, 0.6) is 0 Å². The van der Waals surface area contributed by atoms with Crippen LogP contribution in [0.2, 0.25) is 5.02 Å². The Kier molecular flexibility index (Phi) is 5.52. The molecule has 2 aliphatic carbocycles. The molecule has 4 rings (SSSR count). The van der Waals surface area contributed by atoms with E-state index in [0.29, 0.717) is 6.07 Å². The predicted octanol–water partition coefficient (Wildman–Crippen LogP) is 3.04. The highest BCUT2D eigenvalue weighted by Gasteiger charge is 2.60. The molecule has 2 fully saturated rings. The van der Waals surface area contributed by atoms with Crippen LogP contribution in [0.4, 0.5) is 18.9 Å². The second-order valence-electron chi connectivity index (χ2n) is 8.07. The molecule has 0 unspecified atom stereocenters. The van der Waals surface area contributed by atoms with Gasteiger partial charge in [0.1, 0.15) is 6.04 Å². The molecule has 170 valence electrons. The Hall–Kier alpha value is -2.88. The van der Waals surface area contributed by atoms with Gasteiger partial charge < -0.3 is 10.1 Å². The molecule has 1 aromatic rings. The first-order chi connectivity index (χ1) is 15.0. The van der Waals surface area contributed by atoms with Crippen molar-refractivity contribution in [3.05, 3.63) is 40.9 Å². The van der Waals surface area contributed by atoms with Crippen LogP contribution in [0.15, 0.2) is 30.4 Å². The molecule has 0 spiro atoms. The summed E-state index contributed by atoms with van der Waals surface area (Å²) < 4.78 is 43.4. The zero-order valence-electron chi connectivity index (χ0n) is 16.7. The van der Waals surface area contributed by atoms with Crippen molar-refractivity contribution in [2.24, 2.45) is 23.7 Å². The fraction of sp³-hybridized carbons (Fsp3) is 0.429. The van der Waals surface area contributed by atoms with E-state index in [1.807, 2.05) is 12.2 Å². The van der Waals surface area contributed by atoms with Gasteiger partial charge in [-0.25, -0.2) is 4.79 Å². The van der Waals surface area contributed by atoms with Crippen LogP contribution in [-0.2, 0) is 30.1 Å². The maximum atomic E-state index is 12.8. The predicted molar refractivity (Wildman–Crippen MR) is 105 cm³/mol. The van der Waals surface area contributed by atoms with Crippen molar-refractivity contribution < 1.29 is 37.1 Å². The van der Waals surface area contributed by atoms with Crippen LogP contribution in [0.25, 0.3) is 0 Å². The number of esters is 1. The van der Waals surface area contributed by atoms with Gasteiger partial charge in [0, 0.05) is 0 Å². The van der Waals surface area contributed by atoms with Crippen molar-refractivity contribution in [1.29, 1.82) is 0 Å². The lowest BCUT2D eigenvalue weighted by Gasteiger charge is -2.23. The number of allylic oxidation sites excluding steroid dienone is 2. The lowest BCUT2D eigenvalue weighted by Crippen LogP contribution is -2.45. The molecule has 0 aromatic heterocycles. The number of likely N-dealkylation sites (tertiary alicyclic amines) is 1. The first-order valence-corrected chi connectivity index (χ1v) is 10.3. The summed E-state index contributed by atoms with van der Waals surface area (Å²) in [5.74, 6) is -3.74.